The average Bonchev–Trinajstić information content (AvgIpc) is 2.31. The molecule has 0 bridgehead atoms. The van der Waals surface area contributed by atoms with Crippen LogP contribution in [0.4, 0.5) is 10.1 Å². The number of benzene rings is 2. The summed E-state index contributed by atoms with van der Waals surface area (Å²) < 4.78 is 18.7. The number of rotatable bonds is 3. The third-order valence-electron chi connectivity index (χ3n) is 2.46. The Kier molecular flexibility index (Phi) is 3.28. The van der Waals surface area contributed by atoms with Gasteiger partial charge in [0.2, 0.25) is 0 Å². The molecule has 88 valence electrons. The molecule has 0 amide bonds. The van der Waals surface area contributed by atoms with E-state index >= 15 is 0 Å². The Morgan fingerprint density at radius 3 is 2.71 bits per heavy atom. The first-order chi connectivity index (χ1) is 8.15. The van der Waals surface area contributed by atoms with Gasteiger partial charge in [0.05, 0.1) is 5.69 Å². The summed E-state index contributed by atoms with van der Waals surface area (Å²) >= 11 is 0. The summed E-state index contributed by atoms with van der Waals surface area (Å²) in [5.74, 6) is 0.373. The van der Waals surface area contributed by atoms with Gasteiger partial charge < -0.3 is 10.5 Å². The quantitative estimate of drug-likeness (QED) is 0.822. The Morgan fingerprint density at radius 1 is 1.18 bits per heavy atom. The molecular weight excluding hydrogens is 217 g/mol. The van der Waals surface area contributed by atoms with Crippen LogP contribution in [0.15, 0.2) is 42.5 Å². The third kappa shape index (κ3) is 2.97. The summed E-state index contributed by atoms with van der Waals surface area (Å²) in [5, 5.41) is 0. The van der Waals surface area contributed by atoms with Crippen molar-refractivity contribution < 1.29 is 9.13 Å². The molecule has 0 unspecified atom stereocenters. The molecule has 0 atom stereocenters. The van der Waals surface area contributed by atoms with Gasteiger partial charge in [0.1, 0.15) is 18.2 Å². The molecule has 0 aliphatic rings. The minimum atomic E-state index is -0.407. The van der Waals surface area contributed by atoms with Crippen LogP contribution >= 0.6 is 0 Å². The second-order valence-corrected chi connectivity index (χ2v) is 3.96. The molecule has 2 aromatic carbocycles. The first kappa shape index (κ1) is 11.5. The van der Waals surface area contributed by atoms with E-state index < -0.39 is 5.82 Å². The Morgan fingerprint density at radius 2 is 2.00 bits per heavy atom. The summed E-state index contributed by atoms with van der Waals surface area (Å²) in [4.78, 5) is 0. The largest absolute Gasteiger partial charge is 0.489 e. The molecule has 0 aliphatic carbocycles. The van der Waals surface area contributed by atoms with Gasteiger partial charge in [-0.15, -0.1) is 0 Å². The van der Waals surface area contributed by atoms with E-state index in [0.29, 0.717) is 6.61 Å². The minimum Gasteiger partial charge on any atom is -0.489 e. The van der Waals surface area contributed by atoms with Crippen molar-refractivity contribution in [2.45, 2.75) is 13.5 Å². The summed E-state index contributed by atoms with van der Waals surface area (Å²) in [7, 11) is 0. The molecule has 2 nitrogen and oxygen atoms in total. The Hall–Kier alpha value is -2.03. The van der Waals surface area contributed by atoms with Crippen LogP contribution in [0.2, 0.25) is 0 Å². The van der Waals surface area contributed by atoms with Crippen LogP contribution in [-0.2, 0) is 6.61 Å². The Bertz CT molecular complexity index is 525. The number of hydrogen-bond acceptors (Lipinski definition) is 2. The maximum Gasteiger partial charge on any atom is 0.146 e. The molecule has 3 heteroatoms. The van der Waals surface area contributed by atoms with Gasteiger partial charge in [0.25, 0.3) is 0 Å². The zero-order valence-electron chi connectivity index (χ0n) is 9.61. The van der Waals surface area contributed by atoms with Crippen LogP contribution in [0.25, 0.3) is 0 Å². The van der Waals surface area contributed by atoms with Crippen LogP contribution in [0.3, 0.4) is 0 Å². The summed E-state index contributed by atoms with van der Waals surface area (Å²) in [5.41, 5.74) is 7.45. The second-order valence-electron chi connectivity index (χ2n) is 3.96. The normalized spacial score (nSPS) is 10.2. The monoisotopic (exact) mass is 231 g/mol. The van der Waals surface area contributed by atoms with Gasteiger partial charge in [-0.3, -0.25) is 0 Å². The summed E-state index contributed by atoms with van der Waals surface area (Å²) in [6.07, 6.45) is 0. The zero-order chi connectivity index (χ0) is 12.3. The van der Waals surface area contributed by atoms with Crippen molar-refractivity contribution >= 4 is 5.69 Å². The van der Waals surface area contributed by atoms with Crippen molar-refractivity contribution in [2.24, 2.45) is 0 Å². The van der Waals surface area contributed by atoms with Gasteiger partial charge >= 0.3 is 0 Å². The molecule has 0 heterocycles. The average molecular weight is 231 g/mol. The fourth-order valence-electron chi connectivity index (χ4n) is 1.53. The van der Waals surface area contributed by atoms with Crippen LogP contribution in [0, 0.1) is 12.7 Å². The molecule has 0 aromatic heterocycles. The lowest BCUT2D eigenvalue weighted by Gasteiger charge is -2.07. The van der Waals surface area contributed by atoms with Gasteiger partial charge in [-0.25, -0.2) is 4.39 Å². The third-order valence-corrected chi connectivity index (χ3v) is 2.46. The molecular formula is C14H14FNO. The standard InChI is InChI=1S/C14H14FNO/c1-10-3-2-4-12(7-10)17-9-11-5-6-14(16)13(15)8-11/h2-8H,9,16H2,1H3. The van der Waals surface area contributed by atoms with Crippen molar-refractivity contribution in [3.8, 4) is 5.75 Å². The molecule has 0 saturated heterocycles. The minimum absolute atomic E-state index is 0.157. The predicted octanol–water partition coefficient (Wildman–Crippen LogP) is 3.30. The zero-order valence-corrected chi connectivity index (χ0v) is 9.61. The lowest BCUT2D eigenvalue weighted by atomic mass is 10.2. The van der Waals surface area contributed by atoms with Crippen molar-refractivity contribution in [1.29, 1.82) is 0 Å². The molecule has 0 aliphatic heterocycles. The van der Waals surface area contributed by atoms with Crippen LogP contribution in [0.1, 0.15) is 11.1 Å². The maximum atomic E-state index is 13.2. The SMILES string of the molecule is Cc1cccc(OCc2ccc(N)c(F)c2)c1. The van der Waals surface area contributed by atoms with Crippen LogP contribution < -0.4 is 10.5 Å². The maximum absolute atomic E-state index is 13.2. The number of hydrogen-bond donors (Lipinski definition) is 1. The van der Waals surface area contributed by atoms with Gasteiger partial charge in [-0.2, -0.15) is 0 Å². The summed E-state index contributed by atoms with van der Waals surface area (Å²) in [6, 6.07) is 12.4. The van der Waals surface area contributed by atoms with E-state index in [4.69, 9.17) is 10.5 Å². The molecule has 17 heavy (non-hydrogen) atoms. The number of nitrogen functional groups attached to an aromatic ring is 1. The van der Waals surface area contributed by atoms with E-state index in [2.05, 4.69) is 0 Å². The molecule has 0 radical (unpaired) electrons. The highest BCUT2D eigenvalue weighted by Gasteiger charge is 2.01. The first-order valence-corrected chi connectivity index (χ1v) is 5.38. The van der Waals surface area contributed by atoms with E-state index in [9.17, 15) is 4.39 Å². The lowest BCUT2D eigenvalue weighted by Crippen LogP contribution is -1.98. The van der Waals surface area contributed by atoms with E-state index in [1.807, 2.05) is 31.2 Å². The van der Waals surface area contributed by atoms with E-state index in [-0.39, 0.29) is 5.69 Å². The number of ether oxygens (including phenoxy) is 1. The fraction of sp³-hybridized carbons (Fsp3) is 0.143. The van der Waals surface area contributed by atoms with E-state index in [1.54, 1.807) is 12.1 Å². The summed E-state index contributed by atoms with van der Waals surface area (Å²) in [6.45, 7) is 2.33. The van der Waals surface area contributed by atoms with E-state index in [0.717, 1.165) is 16.9 Å². The number of anilines is 1. The van der Waals surface area contributed by atoms with Gasteiger partial charge in [0.15, 0.2) is 0 Å². The molecule has 2 rings (SSSR count). The van der Waals surface area contributed by atoms with Crippen molar-refractivity contribution in [3.05, 3.63) is 59.4 Å². The highest BCUT2D eigenvalue weighted by molar-refractivity contribution is 5.41. The predicted molar refractivity (Wildman–Crippen MR) is 66.3 cm³/mol. The lowest BCUT2D eigenvalue weighted by molar-refractivity contribution is 0.305. The van der Waals surface area contributed by atoms with Crippen molar-refractivity contribution in [3.63, 3.8) is 0 Å². The molecule has 2 aromatic rings. The van der Waals surface area contributed by atoms with Gasteiger partial charge in [-0.05, 0) is 42.3 Å². The van der Waals surface area contributed by atoms with Gasteiger partial charge in [-0.1, -0.05) is 18.2 Å². The number of aryl methyl sites for hydroxylation is 1. The first-order valence-electron chi connectivity index (χ1n) is 5.38. The highest BCUT2D eigenvalue weighted by Crippen LogP contribution is 2.16. The fourth-order valence-corrected chi connectivity index (χ4v) is 1.53. The van der Waals surface area contributed by atoms with Crippen molar-refractivity contribution in [1.82, 2.24) is 0 Å². The topological polar surface area (TPSA) is 35.2 Å². The molecule has 0 saturated carbocycles. The highest BCUT2D eigenvalue weighted by atomic mass is 19.1. The molecule has 2 N–H and O–H groups in total. The number of nitrogens with two attached hydrogens (primary N) is 1. The van der Waals surface area contributed by atoms with Crippen LogP contribution in [-0.4, -0.2) is 0 Å². The number of halogens is 1. The molecule has 0 spiro atoms. The Labute approximate surface area is 99.8 Å². The Balaban J connectivity index is 2.05. The van der Waals surface area contributed by atoms with E-state index in [1.165, 1.54) is 6.07 Å². The second kappa shape index (κ2) is 4.87. The van der Waals surface area contributed by atoms with Crippen molar-refractivity contribution in [2.75, 3.05) is 5.73 Å². The van der Waals surface area contributed by atoms with Gasteiger partial charge in [0, 0.05) is 0 Å². The smallest absolute Gasteiger partial charge is 0.146 e. The van der Waals surface area contributed by atoms with Crippen LogP contribution in [0.5, 0.6) is 5.75 Å². The molecule has 0 fully saturated rings.